The average molecular weight is 769 g/mol. The number of hydrogen-bond donors (Lipinski definition) is 5. The number of thiol groups is 3. The molecule has 0 bridgehead atoms. The first-order valence-corrected chi connectivity index (χ1v) is 20.7. The zero-order valence-corrected chi connectivity index (χ0v) is 34.8. The van der Waals surface area contributed by atoms with Crippen molar-refractivity contribution in [3.05, 3.63) is 0 Å². The van der Waals surface area contributed by atoms with Gasteiger partial charge >= 0.3 is 12.2 Å². The van der Waals surface area contributed by atoms with E-state index in [0.717, 1.165) is 75.0 Å². The summed E-state index contributed by atoms with van der Waals surface area (Å²) in [5.74, 6) is 2.27. The third-order valence-electron chi connectivity index (χ3n) is 9.56. The van der Waals surface area contributed by atoms with E-state index in [-0.39, 0.29) is 30.1 Å². The van der Waals surface area contributed by atoms with Crippen LogP contribution in [0.3, 0.4) is 0 Å². The third-order valence-corrected chi connectivity index (χ3v) is 10.5. The number of carbonyl (C=O) groups is 2. The van der Waals surface area contributed by atoms with E-state index in [1.54, 1.807) is 0 Å². The highest BCUT2D eigenvalue weighted by molar-refractivity contribution is 7.80. The van der Waals surface area contributed by atoms with Crippen molar-refractivity contribution >= 4 is 50.1 Å². The first-order chi connectivity index (χ1) is 23.9. The van der Waals surface area contributed by atoms with Gasteiger partial charge in [0.15, 0.2) is 0 Å². The lowest BCUT2D eigenvalue weighted by Crippen LogP contribution is -2.51. The molecule has 3 unspecified atom stereocenters. The lowest BCUT2D eigenvalue weighted by Gasteiger charge is -2.46. The summed E-state index contributed by atoms with van der Waals surface area (Å²) in [5, 5.41) is 6.17. The van der Waals surface area contributed by atoms with Crippen LogP contribution in [0.4, 0.5) is 9.59 Å². The second-order valence-electron chi connectivity index (χ2n) is 15.4. The molecule has 1 rings (SSSR count). The number of carbonyl (C=O) groups excluding carboxylic acids is 2. The van der Waals surface area contributed by atoms with Crippen molar-refractivity contribution in [1.82, 2.24) is 10.6 Å². The molecule has 0 spiro atoms. The van der Waals surface area contributed by atoms with E-state index in [0.29, 0.717) is 65.8 Å². The molecule has 1 aliphatic carbocycles. The maximum atomic E-state index is 13.2. The van der Waals surface area contributed by atoms with Crippen molar-refractivity contribution in [3.8, 4) is 0 Å². The van der Waals surface area contributed by atoms with Crippen molar-refractivity contribution in [2.24, 2.45) is 21.7 Å². The quantitative estimate of drug-likeness (QED) is 0.0390. The first-order valence-electron chi connectivity index (χ1n) is 18.8. The fourth-order valence-electron chi connectivity index (χ4n) is 6.62. The molecule has 0 aliphatic heterocycles. The number of unbranched alkanes of at least 4 members (excludes halogenated alkanes) is 1. The van der Waals surface area contributed by atoms with Crippen LogP contribution >= 0.6 is 37.9 Å². The molecule has 0 heterocycles. The molecule has 1 aliphatic rings. The number of nitrogens with one attached hydrogen (secondary N) is 2. The van der Waals surface area contributed by atoms with Crippen molar-refractivity contribution in [3.63, 3.8) is 0 Å². The molecular weight excluding hydrogens is 697 g/mol. The highest BCUT2D eigenvalue weighted by Gasteiger charge is 2.42. The third kappa shape index (κ3) is 20.0. The summed E-state index contributed by atoms with van der Waals surface area (Å²) in [4.78, 5) is 26.2. The standard InChI is InChI=1S/C37H72N2O8S3/c1-7-10-14-42-25-36(8-2,26-43-15-11-18-48)29-46-32(40)38-24-35(6)22-31(21-34(4,5)23-35)39-33(41)47-30-37(9-3,27-44-16-12-19-49)28-45-17-13-20-50/h31,48-50H,7-30H2,1-6H3,(H,38,40)(H,39,41). The van der Waals surface area contributed by atoms with Crippen LogP contribution < -0.4 is 10.6 Å². The van der Waals surface area contributed by atoms with E-state index in [1.807, 2.05) is 0 Å². The van der Waals surface area contributed by atoms with Gasteiger partial charge in [-0.2, -0.15) is 37.9 Å². The molecule has 0 saturated heterocycles. The Bertz CT molecular complexity index is 892. The average Bonchev–Trinajstić information content (AvgIpc) is 3.08. The smallest absolute Gasteiger partial charge is 0.407 e. The molecule has 13 heteroatoms. The lowest BCUT2D eigenvalue weighted by atomic mass is 9.62. The molecule has 0 aromatic carbocycles. The Labute approximate surface area is 320 Å². The Morgan fingerprint density at radius 1 is 0.660 bits per heavy atom. The molecule has 0 aromatic heterocycles. The van der Waals surface area contributed by atoms with E-state index in [9.17, 15) is 9.59 Å². The van der Waals surface area contributed by atoms with Gasteiger partial charge in [0.2, 0.25) is 0 Å². The SMILES string of the molecule is CCCCOCC(CC)(COCCCS)COC(=O)NCC1(C)CC(NC(=O)OCC(CC)(COCCCS)COCCCS)CC(C)(C)C1. The zero-order chi connectivity index (χ0) is 37.4. The van der Waals surface area contributed by atoms with E-state index in [2.05, 4.69) is 90.1 Å². The predicted molar refractivity (Wildman–Crippen MR) is 212 cm³/mol. The van der Waals surface area contributed by atoms with Crippen LogP contribution in [-0.2, 0) is 28.4 Å². The fourth-order valence-corrected chi connectivity index (χ4v) is 7.00. The van der Waals surface area contributed by atoms with Gasteiger partial charge in [-0.25, -0.2) is 9.59 Å². The Balaban J connectivity index is 2.80. The van der Waals surface area contributed by atoms with Crippen molar-refractivity contribution < 1.29 is 38.0 Å². The lowest BCUT2D eigenvalue weighted by molar-refractivity contribution is -0.0571. The Morgan fingerprint density at radius 2 is 1.10 bits per heavy atom. The van der Waals surface area contributed by atoms with E-state index in [4.69, 9.17) is 28.4 Å². The Hall–Kier alpha value is -0.570. The van der Waals surface area contributed by atoms with Gasteiger partial charge in [-0.15, -0.1) is 0 Å². The molecule has 2 amide bonds. The summed E-state index contributed by atoms with van der Waals surface area (Å²) in [6.45, 7) is 18.0. The minimum Gasteiger partial charge on any atom is -0.449 e. The zero-order valence-electron chi connectivity index (χ0n) is 32.2. The molecule has 0 radical (unpaired) electrons. The van der Waals surface area contributed by atoms with E-state index < -0.39 is 23.0 Å². The molecule has 3 atom stereocenters. The summed E-state index contributed by atoms with van der Waals surface area (Å²) < 4.78 is 35.5. The molecule has 1 fully saturated rings. The Morgan fingerprint density at radius 3 is 1.52 bits per heavy atom. The predicted octanol–water partition coefficient (Wildman–Crippen LogP) is 7.64. The second-order valence-corrected chi connectivity index (χ2v) is 16.8. The topological polar surface area (TPSA) is 114 Å². The summed E-state index contributed by atoms with van der Waals surface area (Å²) in [6, 6.07) is -0.106. The second kappa shape index (κ2) is 26.2. The highest BCUT2D eigenvalue weighted by atomic mass is 32.1. The van der Waals surface area contributed by atoms with Crippen molar-refractivity contribution in [2.45, 2.75) is 112 Å². The van der Waals surface area contributed by atoms with Gasteiger partial charge < -0.3 is 39.1 Å². The number of amides is 2. The van der Waals surface area contributed by atoms with Crippen LogP contribution in [0, 0.1) is 21.7 Å². The molecule has 296 valence electrons. The minimum absolute atomic E-state index is 0.0527. The minimum atomic E-state index is -0.454. The normalized spacial score (nSPS) is 20.2. The molecule has 0 aromatic rings. The molecular formula is C37H72N2O8S3. The van der Waals surface area contributed by atoms with Crippen LogP contribution in [0.2, 0.25) is 0 Å². The van der Waals surface area contributed by atoms with Gasteiger partial charge in [-0.05, 0) is 85.9 Å². The number of ether oxygens (including phenoxy) is 6. The van der Waals surface area contributed by atoms with Crippen LogP contribution in [-0.4, -0.2) is 108 Å². The number of hydrogen-bond acceptors (Lipinski definition) is 11. The van der Waals surface area contributed by atoms with Crippen molar-refractivity contribution in [2.75, 3.05) is 89.9 Å². The number of rotatable bonds is 29. The monoisotopic (exact) mass is 768 g/mol. The maximum Gasteiger partial charge on any atom is 0.407 e. The van der Waals surface area contributed by atoms with Crippen LogP contribution in [0.25, 0.3) is 0 Å². The highest BCUT2D eigenvalue weighted by Crippen LogP contribution is 2.46. The van der Waals surface area contributed by atoms with Gasteiger partial charge in [0.25, 0.3) is 0 Å². The Kier molecular flexibility index (Phi) is 24.9. The summed E-state index contributed by atoms with van der Waals surface area (Å²) in [6.07, 6.45) is 7.62. The number of alkyl carbamates (subject to hydrolysis) is 2. The summed E-state index contributed by atoms with van der Waals surface area (Å²) in [7, 11) is 0. The van der Waals surface area contributed by atoms with Crippen LogP contribution in [0.1, 0.15) is 106 Å². The van der Waals surface area contributed by atoms with Crippen LogP contribution in [0.15, 0.2) is 0 Å². The fraction of sp³-hybridized carbons (Fsp3) is 0.946. The van der Waals surface area contributed by atoms with Gasteiger partial charge in [-0.3, -0.25) is 0 Å². The first kappa shape index (κ1) is 47.5. The molecule has 2 N–H and O–H groups in total. The van der Waals surface area contributed by atoms with Crippen molar-refractivity contribution in [1.29, 1.82) is 0 Å². The van der Waals surface area contributed by atoms with E-state index >= 15 is 0 Å². The van der Waals surface area contributed by atoms with Gasteiger partial charge in [-0.1, -0.05) is 48.0 Å². The van der Waals surface area contributed by atoms with E-state index in [1.165, 1.54) is 0 Å². The maximum absolute atomic E-state index is 13.2. The summed E-state index contributed by atoms with van der Waals surface area (Å²) in [5.41, 5.74) is -1.16. The van der Waals surface area contributed by atoms with Gasteiger partial charge in [0.1, 0.15) is 13.2 Å². The van der Waals surface area contributed by atoms with Gasteiger partial charge in [0.05, 0.1) is 37.3 Å². The van der Waals surface area contributed by atoms with Gasteiger partial charge in [0, 0.05) is 39.0 Å². The van der Waals surface area contributed by atoms with Crippen LogP contribution in [0.5, 0.6) is 0 Å². The molecule has 1 saturated carbocycles. The summed E-state index contributed by atoms with van der Waals surface area (Å²) >= 11 is 12.8. The largest absolute Gasteiger partial charge is 0.449 e. The molecule has 10 nitrogen and oxygen atoms in total. The molecule has 50 heavy (non-hydrogen) atoms.